The lowest BCUT2D eigenvalue weighted by molar-refractivity contribution is 0.0200. The van der Waals surface area contributed by atoms with E-state index in [-0.39, 0.29) is 11.2 Å². The van der Waals surface area contributed by atoms with Gasteiger partial charge in [-0.25, -0.2) is 13.1 Å². The highest BCUT2D eigenvalue weighted by atomic mass is 32.2. The minimum absolute atomic E-state index is 0.0322. The summed E-state index contributed by atoms with van der Waals surface area (Å²) in [4.78, 5) is 0. The van der Waals surface area contributed by atoms with Crippen LogP contribution < -0.4 is 10.0 Å². The van der Waals surface area contributed by atoms with Crippen molar-refractivity contribution in [3.63, 3.8) is 0 Å². The smallest absolute Gasteiger partial charge is 0.274 e. The van der Waals surface area contributed by atoms with E-state index in [2.05, 4.69) is 10.0 Å². The summed E-state index contributed by atoms with van der Waals surface area (Å²) < 4.78 is 37.3. The summed E-state index contributed by atoms with van der Waals surface area (Å²) in [6.45, 7) is 1.51. The molecule has 1 atom stereocenters. The monoisotopic (exact) mass is 288 g/mol. The van der Waals surface area contributed by atoms with Crippen molar-refractivity contribution >= 4 is 10.0 Å². The third-order valence-electron chi connectivity index (χ3n) is 3.03. The zero-order valence-corrected chi connectivity index (χ0v) is 11.8. The van der Waals surface area contributed by atoms with Gasteiger partial charge in [0.2, 0.25) is 5.09 Å². The summed E-state index contributed by atoms with van der Waals surface area (Å²) in [6.07, 6.45) is 3.00. The van der Waals surface area contributed by atoms with Gasteiger partial charge in [-0.3, -0.25) is 0 Å². The van der Waals surface area contributed by atoms with E-state index in [1.165, 1.54) is 6.07 Å². The standard InChI is InChI=1S/C12H20N2O4S/c1-13-8-11-5-6-12(18-11)19(15,16)14-9-10-4-2-3-7-17-10/h5-6,10,13-14H,2-4,7-9H2,1H3. The average molecular weight is 288 g/mol. The van der Waals surface area contributed by atoms with Gasteiger partial charge >= 0.3 is 0 Å². The minimum Gasteiger partial charge on any atom is -0.447 e. The molecule has 6 nitrogen and oxygen atoms in total. The summed E-state index contributed by atoms with van der Waals surface area (Å²) in [6, 6.07) is 3.12. The van der Waals surface area contributed by atoms with E-state index in [1.54, 1.807) is 13.1 Å². The van der Waals surface area contributed by atoms with Gasteiger partial charge in [-0.15, -0.1) is 0 Å². The van der Waals surface area contributed by atoms with E-state index in [0.29, 0.717) is 25.5 Å². The number of nitrogens with one attached hydrogen (secondary N) is 2. The van der Waals surface area contributed by atoms with Gasteiger partial charge in [-0.1, -0.05) is 0 Å². The first-order chi connectivity index (χ1) is 9.12. The van der Waals surface area contributed by atoms with Gasteiger partial charge in [-0.05, 0) is 38.4 Å². The predicted octanol–water partition coefficient (Wildman–Crippen LogP) is 0.846. The van der Waals surface area contributed by atoms with Crippen LogP contribution in [0.1, 0.15) is 25.0 Å². The normalized spacial score (nSPS) is 20.6. The van der Waals surface area contributed by atoms with Crippen molar-refractivity contribution in [3.05, 3.63) is 17.9 Å². The highest BCUT2D eigenvalue weighted by Gasteiger charge is 2.21. The van der Waals surface area contributed by atoms with Gasteiger partial charge in [0.05, 0.1) is 12.6 Å². The zero-order chi connectivity index (χ0) is 13.7. The molecular weight excluding hydrogens is 268 g/mol. The molecule has 108 valence electrons. The molecule has 1 aromatic heterocycles. The average Bonchev–Trinajstić information content (AvgIpc) is 2.88. The molecule has 1 unspecified atom stereocenters. The highest BCUT2D eigenvalue weighted by molar-refractivity contribution is 7.89. The molecular formula is C12H20N2O4S. The number of rotatable bonds is 6. The molecule has 1 aromatic rings. The summed E-state index contributed by atoms with van der Waals surface area (Å²) in [7, 11) is -1.81. The van der Waals surface area contributed by atoms with E-state index in [4.69, 9.17) is 9.15 Å². The van der Waals surface area contributed by atoms with Crippen LogP contribution in [0.25, 0.3) is 0 Å². The lowest BCUT2D eigenvalue weighted by Crippen LogP contribution is -2.35. The Morgan fingerprint density at radius 2 is 2.21 bits per heavy atom. The Morgan fingerprint density at radius 3 is 2.89 bits per heavy atom. The molecule has 0 bridgehead atoms. The molecule has 1 saturated heterocycles. The molecule has 0 amide bonds. The van der Waals surface area contributed by atoms with Crippen LogP contribution in [0.4, 0.5) is 0 Å². The van der Waals surface area contributed by atoms with Crippen molar-refractivity contribution in [3.8, 4) is 0 Å². The topological polar surface area (TPSA) is 80.6 Å². The first-order valence-corrected chi connectivity index (χ1v) is 7.95. The van der Waals surface area contributed by atoms with Gasteiger partial charge in [0.25, 0.3) is 10.0 Å². The first kappa shape index (κ1) is 14.5. The second kappa shape index (κ2) is 6.51. The molecule has 0 radical (unpaired) electrons. The molecule has 0 aliphatic carbocycles. The fourth-order valence-electron chi connectivity index (χ4n) is 2.01. The van der Waals surface area contributed by atoms with Crippen LogP contribution in [-0.2, 0) is 21.3 Å². The van der Waals surface area contributed by atoms with Crippen molar-refractivity contribution in [2.75, 3.05) is 20.2 Å². The summed E-state index contributed by atoms with van der Waals surface area (Å²) in [5, 5.41) is 2.86. The van der Waals surface area contributed by atoms with Gasteiger partial charge in [0.15, 0.2) is 0 Å². The molecule has 1 aliphatic heterocycles. The lowest BCUT2D eigenvalue weighted by Gasteiger charge is -2.22. The maximum atomic E-state index is 12.0. The van der Waals surface area contributed by atoms with E-state index in [1.807, 2.05) is 0 Å². The molecule has 7 heteroatoms. The van der Waals surface area contributed by atoms with Gasteiger partial charge in [-0.2, -0.15) is 0 Å². The SMILES string of the molecule is CNCc1ccc(S(=O)(=O)NCC2CCCCO2)o1. The number of hydrogen-bond acceptors (Lipinski definition) is 5. The molecule has 1 fully saturated rings. The summed E-state index contributed by atoms with van der Waals surface area (Å²) in [5.41, 5.74) is 0. The van der Waals surface area contributed by atoms with E-state index in [9.17, 15) is 8.42 Å². The second-order valence-corrected chi connectivity index (χ2v) is 6.29. The predicted molar refractivity (Wildman–Crippen MR) is 70.3 cm³/mol. The summed E-state index contributed by atoms with van der Waals surface area (Å²) in [5.74, 6) is 0.594. The third kappa shape index (κ3) is 4.04. The fraction of sp³-hybridized carbons (Fsp3) is 0.667. The molecule has 2 rings (SSSR count). The number of hydrogen-bond donors (Lipinski definition) is 2. The highest BCUT2D eigenvalue weighted by Crippen LogP contribution is 2.15. The van der Waals surface area contributed by atoms with Crippen LogP contribution in [0, 0.1) is 0 Å². The number of ether oxygens (including phenoxy) is 1. The number of sulfonamides is 1. The molecule has 0 saturated carbocycles. The second-order valence-electron chi connectivity index (χ2n) is 4.59. The molecule has 1 aliphatic rings. The van der Waals surface area contributed by atoms with Gasteiger partial charge < -0.3 is 14.5 Å². The largest absolute Gasteiger partial charge is 0.447 e. The molecule has 0 spiro atoms. The zero-order valence-electron chi connectivity index (χ0n) is 11.0. The Morgan fingerprint density at radius 1 is 1.37 bits per heavy atom. The van der Waals surface area contributed by atoms with Gasteiger partial charge in [0, 0.05) is 13.2 Å². The lowest BCUT2D eigenvalue weighted by atomic mass is 10.1. The maximum Gasteiger partial charge on any atom is 0.274 e. The maximum absolute atomic E-state index is 12.0. The van der Waals surface area contributed by atoms with Gasteiger partial charge in [0.1, 0.15) is 5.76 Å². The van der Waals surface area contributed by atoms with Crippen molar-refractivity contribution in [2.24, 2.45) is 0 Å². The van der Waals surface area contributed by atoms with E-state index in [0.717, 1.165) is 19.3 Å². The molecule has 0 aromatic carbocycles. The summed E-state index contributed by atoms with van der Waals surface area (Å²) >= 11 is 0. The van der Waals surface area contributed by atoms with E-state index >= 15 is 0 Å². The Kier molecular flexibility index (Phi) is 4.98. The van der Waals surface area contributed by atoms with Crippen molar-refractivity contribution in [2.45, 2.75) is 37.0 Å². The Bertz CT molecular complexity index is 492. The third-order valence-corrected chi connectivity index (χ3v) is 4.32. The van der Waals surface area contributed by atoms with Crippen molar-refractivity contribution in [1.82, 2.24) is 10.0 Å². The Hall–Kier alpha value is -0.890. The van der Waals surface area contributed by atoms with Crippen molar-refractivity contribution in [1.29, 1.82) is 0 Å². The van der Waals surface area contributed by atoms with Crippen LogP contribution in [0.15, 0.2) is 21.6 Å². The minimum atomic E-state index is -3.58. The quantitative estimate of drug-likeness (QED) is 0.811. The van der Waals surface area contributed by atoms with Crippen molar-refractivity contribution < 1.29 is 17.6 Å². The Labute approximate surface area is 113 Å². The van der Waals surface area contributed by atoms with Crippen LogP contribution >= 0.6 is 0 Å². The number of furan rings is 1. The Balaban J connectivity index is 1.92. The van der Waals surface area contributed by atoms with Crippen LogP contribution in [0.2, 0.25) is 0 Å². The molecule has 2 N–H and O–H groups in total. The van der Waals surface area contributed by atoms with Crippen LogP contribution in [-0.4, -0.2) is 34.7 Å². The first-order valence-electron chi connectivity index (χ1n) is 6.46. The van der Waals surface area contributed by atoms with E-state index < -0.39 is 10.0 Å². The molecule has 2 heterocycles. The fourth-order valence-corrected chi connectivity index (χ4v) is 3.03. The van der Waals surface area contributed by atoms with Crippen LogP contribution in [0.3, 0.4) is 0 Å². The molecule has 19 heavy (non-hydrogen) atoms. The van der Waals surface area contributed by atoms with Crippen LogP contribution in [0.5, 0.6) is 0 Å².